The summed E-state index contributed by atoms with van der Waals surface area (Å²) in [5.74, 6) is 0.660. The lowest BCUT2D eigenvalue weighted by Gasteiger charge is -2.05. The normalized spacial score (nSPS) is 10.5. The van der Waals surface area contributed by atoms with Crippen LogP contribution in [0.1, 0.15) is 28.7 Å². The van der Waals surface area contributed by atoms with Gasteiger partial charge in [0.2, 0.25) is 11.8 Å². The first-order valence-electron chi connectivity index (χ1n) is 8.06. The van der Waals surface area contributed by atoms with Gasteiger partial charge in [0.25, 0.3) is 0 Å². The number of ether oxygens (including phenoxy) is 1. The third-order valence-corrected chi connectivity index (χ3v) is 3.61. The van der Waals surface area contributed by atoms with Crippen LogP contribution in [0.25, 0.3) is 11.5 Å². The molecule has 0 aliphatic heterocycles. The third kappa shape index (κ3) is 4.23. The van der Waals surface area contributed by atoms with Crippen LogP contribution in [0.15, 0.2) is 52.9 Å². The maximum Gasteiger partial charge on any atom is 0.338 e. The number of benzene rings is 2. The molecule has 1 aromatic heterocycles. The molecular formula is C19H19N3O3. The number of hydrogen-bond donors (Lipinski definition) is 1. The molecule has 0 bridgehead atoms. The molecule has 1 N–H and O–H groups in total. The second-order valence-corrected chi connectivity index (χ2v) is 5.52. The molecule has 0 atom stereocenters. The van der Waals surface area contributed by atoms with Crippen LogP contribution in [0, 0.1) is 6.92 Å². The molecule has 0 spiro atoms. The van der Waals surface area contributed by atoms with Crippen LogP contribution < -0.4 is 5.32 Å². The predicted octanol–water partition coefficient (Wildman–Crippen LogP) is 3.83. The van der Waals surface area contributed by atoms with E-state index < -0.39 is 0 Å². The highest BCUT2D eigenvalue weighted by atomic mass is 16.5. The summed E-state index contributed by atoms with van der Waals surface area (Å²) in [4.78, 5) is 11.6. The van der Waals surface area contributed by atoms with Crippen LogP contribution in [0.2, 0.25) is 0 Å². The minimum Gasteiger partial charge on any atom is -0.462 e. The highest BCUT2D eigenvalue weighted by molar-refractivity contribution is 5.89. The number of nitrogens with one attached hydrogen (secondary N) is 1. The molecule has 0 saturated carbocycles. The van der Waals surface area contributed by atoms with Gasteiger partial charge >= 0.3 is 5.97 Å². The third-order valence-electron chi connectivity index (χ3n) is 3.61. The van der Waals surface area contributed by atoms with E-state index in [9.17, 15) is 4.79 Å². The monoisotopic (exact) mass is 337 g/mol. The van der Waals surface area contributed by atoms with Crippen LogP contribution in [0.4, 0.5) is 5.69 Å². The number of aryl methyl sites for hydroxylation is 1. The van der Waals surface area contributed by atoms with E-state index >= 15 is 0 Å². The van der Waals surface area contributed by atoms with Gasteiger partial charge in [0, 0.05) is 11.3 Å². The molecule has 6 nitrogen and oxygen atoms in total. The van der Waals surface area contributed by atoms with E-state index in [0.717, 1.165) is 11.3 Å². The number of carbonyl (C=O) groups excluding carboxylic acids is 1. The number of anilines is 1. The maximum absolute atomic E-state index is 11.6. The lowest BCUT2D eigenvalue weighted by molar-refractivity contribution is 0.0526. The minimum atomic E-state index is -0.325. The largest absolute Gasteiger partial charge is 0.462 e. The van der Waals surface area contributed by atoms with Crippen molar-refractivity contribution in [3.63, 3.8) is 0 Å². The molecule has 1 heterocycles. The van der Waals surface area contributed by atoms with Gasteiger partial charge in [-0.15, -0.1) is 10.2 Å². The second kappa shape index (κ2) is 7.61. The van der Waals surface area contributed by atoms with E-state index in [1.165, 1.54) is 5.56 Å². The smallest absolute Gasteiger partial charge is 0.338 e. The molecule has 0 aliphatic carbocycles. The maximum atomic E-state index is 11.6. The predicted molar refractivity (Wildman–Crippen MR) is 94.2 cm³/mol. The summed E-state index contributed by atoms with van der Waals surface area (Å²) in [6.07, 6.45) is 0. The number of hydrogen-bond acceptors (Lipinski definition) is 6. The van der Waals surface area contributed by atoms with Crippen molar-refractivity contribution in [2.45, 2.75) is 20.4 Å². The molecule has 128 valence electrons. The van der Waals surface area contributed by atoms with Crippen LogP contribution in [0.5, 0.6) is 0 Å². The Hall–Kier alpha value is -3.15. The zero-order valence-corrected chi connectivity index (χ0v) is 14.2. The van der Waals surface area contributed by atoms with Crippen molar-refractivity contribution in [1.82, 2.24) is 10.2 Å². The summed E-state index contributed by atoms with van der Waals surface area (Å²) < 4.78 is 10.6. The van der Waals surface area contributed by atoms with Gasteiger partial charge in [0.1, 0.15) is 0 Å². The summed E-state index contributed by atoms with van der Waals surface area (Å²) in [6, 6.07) is 15.0. The molecule has 0 aliphatic rings. The van der Waals surface area contributed by atoms with Gasteiger partial charge in [-0.3, -0.25) is 0 Å². The van der Waals surface area contributed by atoms with Crippen molar-refractivity contribution in [2.24, 2.45) is 0 Å². The Morgan fingerprint density at radius 2 is 1.80 bits per heavy atom. The van der Waals surface area contributed by atoms with Gasteiger partial charge in [0.15, 0.2) is 0 Å². The molecule has 0 unspecified atom stereocenters. The van der Waals surface area contributed by atoms with Crippen LogP contribution in [-0.4, -0.2) is 22.8 Å². The van der Waals surface area contributed by atoms with E-state index in [0.29, 0.717) is 30.5 Å². The summed E-state index contributed by atoms with van der Waals surface area (Å²) in [6.45, 7) is 4.57. The van der Waals surface area contributed by atoms with E-state index in [1.807, 2.05) is 43.3 Å². The molecule has 0 saturated heterocycles. The fourth-order valence-electron chi connectivity index (χ4n) is 2.25. The Bertz CT molecular complexity index is 839. The lowest BCUT2D eigenvalue weighted by Crippen LogP contribution is -2.05. The van der Waals surface area contributed by atoms with E-state index in [4.69, 9.17) is 9.15 Å². The molecule has 0 fully saturated rings. The van der Waals surface area contributed by atoms with Crippen molar-refractivity contribution in [3.8, 4) is 11.5 Å². The molecule has 0 radical (unpaired) electrons. The molecular weight excluding hydrogens is 318 g/mol. The minimum absolute atomic E-state index is 0.325. The highest BCUT2D eigenvalue weighted by Crippen LogP contribution is 2.19. The summed E-state index contributed by atoms with van der Waals surface area (Å²) in [5.41, 5.74) is 3.44. The van der Waals surface area contributed by atoms with E-state index in [-0.39, 0.29) is 5.97 Å². The fourth-order valence-corrected chi connectivity index (χ4v) is 2.25. The van der Waals surface area contributed by atoms with Crippen molar-refractivity contribution >= 4 is 11.7 Å². The fraction of sp³-hybridized carbons (Fsp3) is 0.211. The standard InChI is InChI=1S/C19H19N3O3/c1-3-24-19(23)15-8-10-16(11-9-15)20-12-17-21-22-18(25-17)14-6-4-13(2)5-7-14/h4-11,20H,3,12H2,1-2H3. The molecule has 6 heteroatoms. The van der Waals surface area contributed by atoms with Gasteiger partial charge in [-0.05, 0) is 50.2 Å². The van der Waals surface area contributed by atoms with Gasteiger partial charge in [-0.1, -0.05) is 17.7 Å². The highest BCUT2D eigenvalue weighted by Gasteiger charge is 2.09. The average Bonchev–Trinajstić information content (AvgIpc) is 3.10. The number of aromatic nitrogens is 2. The Morgan fingerprint density at radius 1 is 1.08 bits per heavy atom. The second-order valence-electron chi connectivity index (χ2n) is 5.52. The molecule has 3 aromatic rings. The molecule has 2 aromatic carbocycles. The summed E-state index contributed by atoms with van der Waals surface area (Å²) in [7, 11) is 0. The Morgan fingerprint density at radius 3 is 2.48 bits per heavy atom. The number of nitrogens with zero attached hydrogens (tertiary/aromatic N) is 2. The zero-order valence-electron chi connectivity index (χ0n) is 14.2. The Balaban J connectivity index is 1.60. The van der Waals surface area contributed by atoms with Crippen LogP contribution in [0.3, 0.4) is 0 Å². The zero-order chi connectivity index (χ0) is 17.6. The average molecular weight is 337 g/mol. The van der Waals surface area contributed by atoms with Gasteiger partial charge in [-0.25, -0.2) is 4.79 Å². The van der Waals surface area contributed by atoms with Crippen LogP contribution >= 0.6 is 0 Å². The first-order valence-corrected chi connectivity index (χ1v) is 8.06. The molecule has 3 rings (SSSR count). The van der Waals surface area contributed by atoms with Crippen LogP contribution in [-0.2, 0) is 11.3 Å². The van der Waals surface area contributed by atoms with Gasteiger partial charge < -0.3 is 14.5 Å². The molecule has 25 heavy (non-hydrogen) atoms. The van der Waals surface area contributed by atoms with E-state index in [2.05, 4.69) is 15.5 Å². The van der Waals surface area contributed by atoms with Crippen molar-refractivity contribution in [2.75, 3.05) is 11.9 Å². The van der Waals surface area contributed by atoms with Crippen molar-refractivity contribution in [3.05, 3.63) is 65.5 Å². The number of esters is 1. The lowest BCUT2D eigenvalue weighted by atomic mass is 10.1. The number of rotatable bonds is 6. The number of carbonyl (C=O) groups is 1. The van der Waals surface area contributed by atoms with Gasteiger partial charge in [0.05, 0.1) is 18.7 Å². The SMILES string of the molecule is CCOC(=O)c1ccc(NCc2nnc(-c3ccc(C)cc3)o2)cc1. The summed E-state index contributed by atoms with van der Waals surface area (Å²) in [5, 5.41) is 11.3. The quantitative estimate of drug-likeness (QED) is 0.689. The Kier molecular flexibility index (Phi) is 5.09. The first-order chi connectivity index (χ1) is 12.2. The molecule has 0 amide bonds. The summed E-state index contributed by atoms with van der Waals surface area (Å²) >= 11 is 0. The Labute approximate surface area is 145 Å². The van der Waals surface area contributed by atoms with Crippen molar-refractivity contribution in [1.29, 1.82) is 0 Å². The topological polar surface area (TPSA) is 77.2 Å². The first kappa shape index (κ1) is 16.7. The van der Waals surface area contributed by atoms with Gasteiger partial charge in [-0.2, -0.15) is 0 Å². The van der Waals surface area contributed by atoms with E-state index in [1.54, 1.807) is 19.1 Å². The van der Waals surface area contributed by atoms with Crippen molar-refractivity contribution < 1.29 is 13.9 Å².